The van der Waals surface area contributed by atoms with Gasteiger partial charge in [-0.1, -0.05) is 87.1 Å². The molecule has 2 saturated carbocycles. The van der Waals surface area contributed by atoms with Gasteiger partial charge in [0.15, 0.2) is 11.0 Å². The van der Waals surface area contributed by atoms with E-state index in [0.29, 0.717) is 11.8 Å². The topological polar surface area (TPSA) is 21.9 Å². The number of aromatic nitrogens is 2. The highest BCUT2D eigenvalue weighted by molar-refractivity contribution is 6.07. The zero-order valence-electron chi connectivity index (χ0n) is 23.7. The van der Waals surface area contributed by atoms with Crippen LogP contribution in [0.25, 0.3) is 50.0 Å². The largest absolute Gasteiger partial charge is 0.456 e. The molecule has 1 aliphatic heterocycles. The Kier molecular flexibility index (Phi) is 5.43. The van der Waals surface area contributed by atoms with Crippen molar-refractivity contribution in [3.05, 3.63) is 95.6 Å². The average Bonchev–Trinajstić information content (AvgIpc) is 3.70. The molecule has 0 unspecified atom stereocenters. The SMILES string of the molecule is c1ccc2c(c1)C[n+]1c-2n(-c2c(C3CCCCC3)cc3c(oc4ccccc43)c2C2CCCCC2)c2ccccc21. The molecule has 41 heavy (non-hydrogen) atoms. The van der Waals surface area contributed by atoms with Gasteiger partial charge in [0, 0.05) is 27.5 Å². The molecule has 204 valence electrons. The van der Waals surface area contributed by atoms with E-state index in [4.69, 9.17) is 4.42 Å². The molecule has 4 aromatic carbocycles. The minimum absolute atomic E-state index is 0.517. The Morgan fingerprint density at radius 3 is 2.24 bits per heavy atom. The summed E-state index contributed by atoms with van der Waals surface area (Å²) in [6.07, 6.45) is 13.0. The monoisotopic (exact) mass is 537 g/mol. The van der Waals surface area contributed by atoms with E-state index in [9.17, 15) is 0 Å². The first kappa shape index (κ1) is 23.8. The first-order chi connectivity index (χ1) is 20.4. The molecular formula is C38H37N2O+. The molecule has 0 atom stereocenters. The van der Waals surface area contributed by atoms with Gasteiger partial charge in [0.25, 0.3) is 5.82 Å². The molecule has 0 radical (unpaired) electrons. The minimum atomic E-state index is 0.517. The van der Waals surface area contributed by atoms with E-state index in [-0.39, 0.29) is 0 Å². The van der Waals surface area contributed by atoms with Crippen molar-refractivity contribution in [2.75, 3.05) is 0 Å². The van der Waals surface area contributed by atoms with Crippen LogP contribution in [0.15, 0.2) is 83.3 Å². The van der Waals surface area contributed by atoms with Crippen LogP contribution in [-0.4, -0.2) is 4.57 Å². The van der Waals surface area contributed by atoms with Gasteiger partial charge in [0.05, 0.1) is 5.56 Å². The number of imidazole rings is 1. The normalized spacial score (nSPS) is 18.0. The van der Waals surface area contributed by atoms with Gasteiger partial charge in [-0.2, -0.15) is 4.57 Å². The van der Waals surface area contributed by atoms with Gasteiger partial charge in [-0.3, -0.25) is 0 Å². The Balaban J connectivity index is 1.46. The van der Waals surface area contributed by atoms with E-state index in [1.54, 1.807) is 5.56 Å². The molecule has 9 rings (SSSR count). The molecule has 0 N–H and O–H groups in total. The Bertz CT molecular complexity index is 1940. The van der Waals surface area contributed by atoms with E-state index in [0.717, 1.165) is 17.7 Å². The van der Waals surface area contributed by atoms with E-state index in [1.165, 1.54) is 114 Å². The van der Waals surface area contributed by atoms with Crippen molar-refractivity contribution in [2.45, 2.75) is 82.6 Å². The number of benzene rings is 4. The summed E-state index contributed by atoms with van der Waals surface area (Å²) in [6, 6.07) is 29.4. The number of hydrogen-bond donors (Lipinski definition) is 0. The molecule has 3 nitrogen and oxygen atoms in total. The molecule has 3 heteroatoms. The van der Waals surface area contributed by atoms with Crippen LogP contribution in [0.5, 0.6) is 0 Å². The summed E-state index contributed by atoms with van der Waals surface area (Å²) in [5, 5.41) is 2.59. The van der Waals surface area contributed by atoms with Crippen molar-refractivity contribution >= 4 is 33.0 Å². The van der Waals surface area contributed by atoms with Crippen molar-refractivity contribution in [3.63, 3.8) is 0 Å². The Morgan fingerprint density at radius 1 is 0.683 bits per heavy atom. The summed E-state index contributed by atoms with van der Waals surface area (Å²) in [5.41, 5.74) is 12.1. The third kappa shape index (κ3) is 3.54. The van der Waals surface area contributed by atoms with Crippen LogP contribution in [0.3, 0.4) is 0 Å². The molecule has 6 aromatic rings. The summed E-state index contributed by atoms with van der Waals surface area (Å²) in [5.74, 6) is 2.44. The van der Waals surface area contributed by atoms with Crippen molar-refractivity contribution in [1.29, 1.82) is 0 Å². The molecule has 0 spiro atoms. The lowest BCUT2D eigenvalue weighted by Gasteiger charge is -2.28. The van der Waals surface area contributed by atoms with Gasteiger partial charge < -0.3 is 4.42 Å². The highest BCUT2D eigenvalue weighted by atomic mass is 16.3. The molecule has 2 fully saturated rings. The van der Waals surface area contributed by atoms with E-state index >= 15 is 0 Å². The fourth-order valence-electron chi connectivity index (χ4n) is 8.57. The van der Waals surface area contributed by atoms with Gasteiger partial charge in [-0.05, 0) is 67.9 Å². The summed E-state index contributed by atoms with van der Waals surface area (Å²) < 4.78 is 12.1. The van der Waals surface area contributed by atoms with Crippen LogP contribution < -0.4 is 4.57 Å². The number of para-hydroxylation sites is 3. The Morgan fingerprint density at radius 2 is 1.39 bits per heavy atom. The first-order valence-corrected chi connectivity index (χ1v) is 16.0. The smallest absolute Gasteiger partial charge is 0.295 e. The molecule has 2 aromatic heterocycles. The fraction of sp³-hybridized carbons (Fsp3) is 0.342. The van der Waals surface area contributed by atoms with Crippen LogP contribution in [0, 0.1) is 0 Å². The van der Waals surface area contributed by atoms with E-state index < -0.39 is 0 Å². The highest BCUT2D eigenvalue weighted by Gasteiger charge is 2.39. The van der Waals surface area contributed by atoms with Gasteiger partial charge >= 0.3 is 0 Å². The number of hydrogen-bond acceptors (Lipinski definition) is 1. The average molecular weight is 538 g/mol. The van der Waals surface area contributed by atoms with Gasteiger partial charge in [0.2, 0.25) is 0 Å². The number of fused-ring (bicyclic) bond motifs is 8. The second-order valence-electron chi connectivity index (χ2n) is 12.8. The van der Waals surface area contributed by atoms with Gasteiger partial charge in [0.1, 0.15) is 23.4 Å². The molecule has 0 amide bonds. The first-order valence-electron chi connectivity index (χ1n) is 16.0. The second-order valence-corrected chi connectivity index (χ2v) is 12.8. The Hall–Kier alpha value is -3.85. The molecule has 0 bridgehead atoms. The van der Waals surface area contributed by atoms with Gasteiger partial charge in [-0.15, -0.1) is 0 Å². The lowest BCUT2D eigenvalue weighted by atomic mass is 9.77. The standard InChI is InChI=1S/C38H37N2O/c1-3-13-25(14-4-1)30-23-31-29-19-9-12-22-34(29)41-37(31)35(26-15-5-2-6-16-26)36(30)40-33-21-11-10-20-32(33)39-24-27-17-7-8-18-28(27)38(39)40/h7-12,17-23,25-26H,1-6,13-16,24H2/q+1. The zero-order chi connectivity index (χ0) is 26.9. The summed E-state index contributed by atoms with van der Waals surface area (Å²) >= 11 is 0. The lowest BCUT2D eigenvalue weighted by molar-refractivity contribution is -0.645. The summed E-state index contributed by atoms with van der Waals surface area (Å²) in [7, 11) is 0. The predicted octanol–water partition coefficient (Wildman–Crippen LogP) is 9.94. The quantitative estimate of drug-likeness (QED) is 0.206. The third-order valence-corrected chi connectivity index (χ3v) is 10.5. The molecule has 2 aliphatic carbocycles. The van der Waals surface area contributed by atoms with Crippen molar-refractivity contribution in [1.82, 2.24) is 4.57 Å². The maximum Gasteiger partial charge on any atom is 0.295 e. The maximum atomic E-state index is 6.90. The Labute approximate surface area is 241 Å². The summed E-state index contributed by atoms with van der Waals surface area (Å²) in [4.78, 5) is 0. The highest BCUT2D eigenvalue weighted by Crippen LogP contribution is 2.49. The molecule has 3 heterocycles. The van der Waals surface area contributed by atoms with Crippen LogP contribution in [0.1, 0.15) is 92.7 Å². The molecule has 0 saturated heterocycles. The van der Waals surface area contributed by atoms with Crippen LogP contribution in [0.4, 0.5) is 0 Å². The molecule has 3 aliphatic rings. The van der Waals surface area contributed by atoms with E-state index in [1.807, 2.05) is 0 Å². The maximum absolute atomic E-state index is 6.90. The predicted molar refractivity (Wildman–Crippen MR) is 167 cm³/mol. The lowest BCUT2D eigenvalue weighted by Crippen LogP contribution is -2.31. The van der Waals surface area contributed by atoms with Gasteiger partial charge in [-0.25, -0.2) is 4.57 Å². The number of nitrogens with zero attached hydrogens (tertiary/aromatic N) is 2. The van der Waals surface area contributed by atoms with E-state index in [2.05, 4.69) is 88.0 Å². The molecular weight excluding hydrogens is 500 g/mol. The second kappa shape index (κ2) is 9.34. The fourth-order valence-corrected chi connectivity index (χ4v) is 8.57. The number of furan rings is 1. The van der Waals surface area contributed by atoms with Crippen LogP contribution in [0.2, 0.25) is 0 Å². The van der Waals surface area contributed by atoms with Crippen LogP contribution in [-0.2, 0) is 6.54 Å². The number of rotatable bonds is 3. The minimum Gasteiger partial charge on any atom is -0.456 e. The van der Waals surface area contributed by atoms with Crippen LogP contribution >= 0.6 is 0 Å². The zero-order valence-corrected chi connectivity index (χ0v) is 23.7. The van der Waals surface area contributed by atoms with Crippen molar-refractivity contribution < 1.29 is 8.98 Å². The van der Waals surface area contributed by atoms with Crippen molar-refractivity contribution in [3.8, 4) is 17.1 Å². The third-order valence-electron chi connectivity index (χ3n) is 10.5. The summed E-state index contributed by atoms with van der Waals surface area (Å²) in [6.45, 7) is 0.934. The van der Waals surface area contributed by atoms with Crippen molar-refractivity contribution in [2.24, 2.45) is 0 Å².